The van der Waals surface area contributed by atoms with Crippen LogP contribution in [0.2, 0.25) is 0 Å². The molecule has 126 valence electrons. The molecule has 1 aliphatic heterocycles. The summed E-state index contributed by atoms with van der Waals surface area (Å²) in [5.74, 6) is -0.479. The number of halogens is 1. The number of anilines is 2. The molecule has 1 heterocycles. The topological polar surface area (TPSA) is 87.3 Å². The Labute approximate surface area is 148 Å². The summed E-state index contributed by atoms with van der Waals surface area (Å²) in [5.41, 5.74) is 2.88. The van der Waals surface area contributed by atoms with Crippen LogP contribution in [0.1, 0.15) is 11.1 Å². The molecular weight excluding hydrogens is 394 g/mol. The lowest BCUT2D eigenvalue weighted by molar-refractivity contribution is -0.117. The number of sulfonamides is 1. The number of carbonyl (C=O) groups excluding carboxylic acids is 1. The van der Waals surface area contributed by atoms with E-state index in [-0.39, 0.29) is 4.90 Å². The second-order valence-electron chi connectivity index (χ2n) is 5.65. The van der Waals surface area contributed by atoms with Crippen molar-refractivity contribution < 1.29 is 13.2 Å². The van der Waals surface area contributed by atoms with Gasteiger partial charge >= 0.3 is 0 Å². The molecule has 0 radical (unpaired) electrons. The Hall–Kier alpha value is -1.90. The van der Waals surface area contributed by atoms with Crippen molar-refractivity contribution in [3.8, 4) is 0 Å². The Kier molecular flexibility index (Phi) is 4.37. The second-order valence-corrected chi connectivity index (χ2v) is 8.19. The molecule has 6 nitrogen and oxygen atoms in total. The van der Waals surface area contributed by atoms with E-state index in [0.717, 1.165) is 15.6 Å². The minimum atomic E-state index is -3.74. The lowest BCUT2D eigenvalue weighted by Gasteiger charge is -2.27. The van der Waals surface area contributed by atoms with Crippen LogP contribution in [0.5, 0.6) is 0 Å². The Balaban J connectivity index is 1.85. The van der Waals surface area contributed by atoms with Crippen molar-refractivity contribution in [3.05, 3.63) is 52.0 Å². The molecule has 0 saturated heterocycles. The molecule has 2 aromatic carbocycles. The van der Waals surface area contributed by atoms with E-state index < -0.39 is 22.1 Å². The van der Waals surface area contributed by atoms with Gasteiger partial charge in [-0.05, 0) is 55.3 Å². The smallest absolute Gasteiger partial charge is 0.262 e. The van der Waals surface area contributed by atoms with E-state index in [0.29, 0.717) is 11.4 Å². The van der Waals surface area contributed by atoms with Crippen LogP contribution in [0.3, 0.4) is 0 Å². The minimum absolute atomic E-state index is 0.136. The van der Waals surface area contributed by atoms with Crippen molar-refractivity contribution in [1.82, 2.24) is 4.72 Å². The summed E-state index contributed by atoms with van der Waals surface area (Å²) in [6.45, 7) is 3.76. The highest BCUT2D eigenvalue weighted by Gasteiger charge is 2.33. The molecule has 0 unspecified atom stereocenters. The summed E-state index contributed by atoms with van der Waals surface area (Å²) >= 11 is 3.40. The van der Waals surface area contributed by atoms with E-state index in [2.05, 4.69) is 31.3 Å². The third kappa shape index (κ3) is 3.31. The monoisotopic (exact) mass is 409 g/mol. The molecule has 0 saturated carbocycles. The molecular formula is C16H16BrN3O3S. The van der Waals surface area contributed by atoms with Crippen molar-refractivity contribution >= 4 is 43.2 Å². The van der Waals surface area contributed by atoms with Gasteiger partial charge < -0.3 is 10.6 Å². The zero-order valence-electron chi connectivity index (χ0n) is 13.1. The third-order valence-electron chi connectivity index (χ3n) is 3.69. The molecule has 2 aromatic rings. The molecule has 24 heavy (non-hydrogen) atoms. The van der Waals surface area contributed by atoms with Crippen molar-refractivity contribution in [2.45, 2.75) is 24.9 Å². The second kappa shape index (κ2) is 6.19. The Morgan fingerprint density at radius 1 is 1.17 bits per heavy atom. The predicted molar refractivity (Wildman–Crippen MR) is 96.4 cm³/mol. The summed E-state index contributed by atoms with van der Waals surface area (Å²) in [5, 5.41) is 5.64. The minimum Gasteiger partial charge on any atom is -0.360 e. The van der Waals surface area contributed by atoms with Gasteiger partial charge in [-0.3, -0.25) is 4.79 Å². The van der Waals surface area contributed by atoms with Gasteiger partial charge in [0, 0.05) is 10.2 Å². The Morgan fingerprint density at radius 3 is 2.62 bits per heavy atom. The van der Waals surface area contributed by atoms with Gasteiger partial charge in [0.2, 0.25) is 10.0 Å². The van der Waals surface area contributed by atoms with Crippen molar-refractivity contribution in [1.29, 1.82) is 0 Å². The first-order chi connectivity index (χ1) is 11.3. The summed E-state index contributed by atoms with van der Waals surface area (Å²) < 4.78 is 27.9. The maximum atomic E-state index is 12.4. The summed E-state index contributed by atoms with van der Waals surface area (Å²) in [6, 6.07) is 10.3. The van der Waals surface area contributed by atoms with Gasteiger partial charge in [0.05, 0.1) is 5.69 Å². The summed E-state index contributed by atoms with van der Waals surface area (Å²) in [7, 11) is -3.74. The lowest BCUT2D eigenvalue weighted by atomic mass is 10.2. The van der Waals surface area contributed by atoms with Crippen LogP contribution < -0.4 is 15.4 Å². The number of nitrogens with one attached hydrogen (secondary N) is 3. The van der Waals surface area contributed by atoms with Crippen LogP contribution in [-0.4, -0.2) is 20.5 Å². The van der Waals surface area contributed by atoms with Gasteiger partial charge in [-0.2, -0.15) is 4.72 Å². The number of rotatable bonds is 2. The lowest BCUT2D eigenvalue weighted by Crippen LogP contribution is -2.51. The van der Waals surface area contributed by atoms with Gasteiger partial charge in [0.15, 0.2) is 6.17 Å². The molecule has 8 heteroatoms. The van der Waals surface area contributed by atoms with Gasteiger partial charge in [-0.25, -0.2) is 8.42 Å². The molecule has 0 spiro atoms. The molecule has 1 atom stereocenters. The number of carbonyl (C=O) groups is 1. The van der Waals surface area contributed by atoms with Crippen LogP contribution in [0.4, 0.5) is 11.4 Å². The number of fused-ring (bicyclic) bond motifs is 1. The van der Waals surface area contributed by atoms with Gasteiger partial charge in [-0.1, -0.05) is 22.0 Å². The molecule has 1 amide bonds. The van der Waals surface area contributed by atoms with E-state index in [4.69, 9.17) is 0 Å². The van der Waals surface area contributed by atoms with Gasteiger partial charge in [0.25, 0.3) is 5.91 Å². The van der Waals surface area contributed by atoms with E-state index >= 15 is 0 Å². The van der Waals surface area contributed by atoms with Gasteiger partial charge in [-0.15, -0.1) is 0 Å². The largest absolute Gasteiger partial charge is 0.360 e. The van der Waals surface area contributed by atoms with E-state index in [9.17, 15) is 13.2 Å². The zero-order valence-corrected chi connectivity index (χ0v) is 15.5. The number of benzene rings is 2. The third-order valence-corrected chi connectivity index (χ3v) is 6.06. The first kappa shape index (κ1) is 16.9. The average Bonchev–Trinajstić information content (AvgIpc) is 2.49. The maximum absolute atomic E-state index is 12.4. The number of hydrogen-bond acceptors (Lipinski definition) is 4. The highest BCUT2D eigenvalue weighted by Crippen LogP contribution is 2.27. The molecule has 3 rings (SSSR count). The number of aryl methyl sites for hydroxylation is 2. The first-order valence-electron chi connectivity index (χ1n) is 7.23. The van der Waals surface area contributed by atoms with Crippen LogP contribution in [0.25, 0.3) is 0 Å². The first-order valence-corrected chi connectivity index (χ1v) is 9.50. The summed E-state index contributed by atoms with van der Waals surface area (Å²) in [6.07, 6.45) is -1.08. The fourth-order valence-electron chi connectivity index (χ4n) is 2.45. The quantitative estimate of drug-likeness (QED) is 0.711. The van der Waals surface area contributed by atoms with E-state index in [1.54, 1.807) is 24.3 Å². The van der Waals surface area contributed by atoms with Crippen LogP contribution in [0, 0.1) is 13.8 Å². The molecule has 0 aliphatic carbocycles. The maximum Gasteiger partial charge on any atom is 0.262 e. The van der Waals surface area contributed by atoms with Crippen LogP contribution >= 0.6 is 15.9 Å². The highest BCUT2D eigenvalue weighted by atomic mass is 79.9. The normalized spacial score (nSPS) is 18.4. The molecule has 1 aliphatic rings. The fraction of sp³-hybridized carbons (Fsp3) is 0.188. The molecule has 3 N–H and O–H groups in total. The van der Waals surface area contributed by atoms with Gasteiger partial charge in [0.1, 0.15) is 4.90 Å². The zero-order chi connectivity index (χ0) is 17.5. The summed E-state index contributed by atoms with van der Waals surface area (Å²) in [4.78, 5) is 12.6. The molecule has 0 fully saturated rings. The SMILES string of the molecule is Cc1ccc2c(c1)N[C@@H](C(=O)Nc1ccc(Br)c(C)c1)NS2(=O)=O. The van der Waals surface area contributed by atoms with Crippen molar-refractivity contribution in [3.63, 3.8) is 0 Å². The Bertz CT molecular complexity index is 928. The van der Waals surface area contributed by atoms with Crippen molar-refractivity contribution in [2.75, 3.05) is 10.6 Å². The fourth-order valence-corrected chi connectivity index (χ4v) is 3.95. The van der Waals surface area contributed by atoms with Crippen LogP contribution in [-0.2, 0) is 14.8 Å². The molecule has 0 bridgehead atoms. The Morgan fingerprint density at radius 2 is 1.92 bits per heavy atom. The number of amides is 1. The molecule has 0 aromatic heterocycles. The number of hydrogen-bond donors (Lipinski definition) is 3. The predicted octanol–water partition coefficient (Wildman–Crippen LogP) is 2.73. The standard InChI is InChI=1S/C16H16BrN3O3S/c1-9-3-6-14-13(7-9)19-15(20-24(14,22)23)16(21)18-11-4-5-12(17)10(2)8-11/h3-8,15,19-20H,1-2H3,(H,18,21)/t15-/m1/s1. The average molecular weight is 410 g/mol. The van der Waals surface area contributed by atoms with E-state index in [1.807, 2.05) is 19.9 Å². The highest BCUT2D eigenvalue weighted by molar-refractivity contribution is 9.10. The van der Waals surface area contributed by atoms with Crippen molar-refractivity contribution in [2.24, 2.45) is 0 Å². The van der Waals surface area contributed by atoms with E-state index in [1.165, 1.54) is 6.07 Å². The van der Waals surface area contributed by atoms with Crippen LogP contribution in [0.15, 0.2) is 45.8 Å².